The van der Waals surface area contributed by atoms with E-state index >= 15 is 0 Å². The highest BCUT2D eigenvalue weighted by molar-refractivity contribution is 7.52. The summed E-state index contributed by atoms with van der Waals surface area (Å²) in [5, 5.41) is 0. The summed E-state index contributed by atoms with van der Waals surface area (Å²) in [6.07, 6.45) is 0. The van der Waals surface area contributed by atoms with Crippen LogP contribution in [0.15, 0.2) is 0 Å². The quantitative estimate of drug-likeness (QED) is 0.495. The molecule has 0 aliphatic rings. The highest BCUT2D eigenvalue weighted by Crippen LogP contribution is 2.41. The largest absolute Gasteiger partial charge is 0.407 e. The molecule has 0 aliphatic carbocycles. The van der Waals surface area contributed by atoms with Crippen molar-refractivity contribution in [3.05, 3.63) is 0 Å². The van der Waals surface area contributed by atoms with Gasteiger partial charge in [0.15, 0.2) is 9.04 Å². The summed E-state index contributed by atoms with van der Waals surface area (Å²) < 4.78 is 15.4. The van der Waals surface area contributed by atoms with Crippen LogP contribution < -0.4 is 0 Å². The van der Waals surface area contributed by atoms with Crippen molar-refractivity contribution in [2.45, 2.75) is 25.9 Å². The fourth-order valence-electron chi connectivity index (χ4n) is 0.473. The first kappa shape index (κ1) is 10.3. The van der Waals surface area contributed by atoms with Crippen LogP contribution in [-0.4, -0.2) is 24.7 Å². The van der Waals surface area contributed by atoms with Gasteiger partial charge in [-0.3, -0.25) is 4.57 Å². The summed E-state index contributed by atoms with van der Waals surface area (Å²) in [7, 11) is -5.32. The average molecular weight is 184 g/mol. The maximum Gasteiger partial charge on any atom is 0.352 e. The molecule has 1 unspecified atom stereocenters. The average Bonchev–Trinajstić information content (AvgIpc) is 1.60. The molecule has 2 N–H and O–H groups in total. The molecular formula is C4H13O4PSi. The minimum Gasteiger partial charge on any atom is -0.407 e. The Bertz CT molecular complexity index is 142. The Balaban J connectivity index is 3.86. The molecule has 62 valence electrons. The monoisotopic (exact) mass is 184 g/mol. The SMILES string of the molecule is CC(O[SiH](C)C)P(=O)(O)O. The highest BCUT2D eigenvalue weighted by atomic mass is 31.2. The molecule has 0 amide bonds. The molecule has 0 spiro atoms. The van der Waals surface area contributed by atoms with Crippen molar-refractivity contribution in [2.24, 2.45) is 0 Å². The van der Waals surface area contributed by atoms with Gasteiger partial charge in [0.25, 0.3) is 0 Å². The molecule has 0 aliphatic heterocycles. The van der Waals surface area contributed by atoms with Gasteiger partial charge in [0.1, 0.15) is 5.85 Å². The van der Waals surface area contributed by atoms with Crippen LogP contribution in [0.2, 0.25) is 13.1 Å². The van der Waals surface area contributed by atoms with Crippen molar-refractivity contribution in [2.75, 3.05) is 0 Å². The van der Waals surface area contributed by atoms with Gasteiger partial charge in [-0.15, -0.1) is 0 Å². The maximum absolute atomic E-state index is 10.5. The third-order valence-electron chi connectivity index (χ3n) is 0.943. The van der Waals surface area contributed by atoms with Gasteiger partial charge < -0.3 is 14.2 Å². The molecule has 0 aromatic carbocycles. The normalized spacial score (nSPS) is 15.8. The third kappa shape index (κ3) is 4.19. The highest BCUT2D eigenvalue weighted by Gasteiger charge is 2.24. The van der Waals surface area contributed by atoms with Crippen LogP contribution in [0.25, 0.3) is 0 Å². The topological polar surface area (TPSA) is 66.8 Å². The zero-order valence-electron chi connectivity index (χ0n) is 6.31. The minimum atomic E-state index is -4.00. The summed E-state index contributed by atoms with van der Waals surface area (Å²) in [5.74, 6) is -0.931. The van der Waals surface area contributed by atoms with Gasteiger partial charge in [0.2, 0.25) is 0 Å². The number of hydrogen-bond acceptors (Lipinski definition) is 2. The summed E-state index contributed by atoms with van der Waals surface area (Å²) in [6.45, 7) is 5.13. The molecule has 0 aromatic heterocycles. The Morgan fingerprint density at radius 2 is 1.90 bits per heavy atom. The van der Waals surface area contributed by atoms with Crippen molar-refractivity contribution in [1.82, 2.24) is 0 Å². The van der Waals surface area contributed by atoms with E-state index in [1.807, 2.05) is 13.1 Å². The van der Waals surface area contributed by atoms with Crippen LogP contribution in [0.4, 0.5) is 0 Å². The van der Waals surface area contributed by atoms with Crippen LogP contribution in [0.5, 0.6) is 0 Å². The number of rotatable bonds is 3. The van der Waals surface area contributed by atoms with E-state index < -0.39 is 22.5 Å². The van der Waals surface area contributed by atoms with E-state index in [2.05, 4.69) is 0 Å². The molecule has 0 saturated heterocycles. The van der Waals surface area contributed by atoms with Gasteiger partial charge >= 0.3 is 7.60 Å². The van der Waals surface area contributed by atoms with Gasteiger partial charge in [-0.2, -0.15) is 0 Å². The molecule has 0 heterocycles. The Kier molecular flexibility index (Phi) is 3.76. The van der Waals surface area contributed by atoms with Crippen molar-refractivity contribution in [1.29, 1.82) is 0 Å². The molecule has 0 radical (unpaired) electrons. The molecule has 0 bridgehead atoms. The van der Waals surface area contributed by atoms with Gasteiger partial charge in [-0.25, -0.2) is 0 Å². The molecule has 10 heavy (non-hydrogen) atoms. The van der Waals surface area contributed by atoms with E-state index in [1.54, 1.807) is 0 Å². The predicted octanol–water partition coefficient (Wildman–Crippen LogP) is 0.510. The van der Waals surface area contributed by atoms with E-state index in [0.717, 1.165) is 0 Å². The lowest BCUT2D eigenvalue weighted by atomic mass is 10.9. The van der Waals surface area contributed by atoms with E-state index in [0.29, 0.717) is 0 Å². The van der Waals surface area contributed by atoms with E-state index in [-0.39, 0.29) is 0 Å². The van der Waals surface area contributed by atoms with Gasteiger partial charge in [0.05, 0.1) is 0 Å². The van der Waals surface area contributed by atoms with Crippen molar-refractivity contribution < 1.29 is 18.8 Å². The van der Waals surface area contributed by atoms with Crippen molar-refractivity contribution in [3.8, 4) is 0 Å². The van der Waals surface area contributed by atoms with Crippen molar-refractivity contribution in [3.63, 3.8) is 0 Å². The lowest BCUT2D eigenvalue weighted by molar-refractivity contribution is 0.240. The Hall–Kier alpha value is 0.327. The zero-order chi connectivity index (χ0) is 8.36. The third-order valence-corrected chi connectivity index (χ3v) is 3.19. The number of hydrogen-bond donors (Lipinski definition) is 2. The van der Waals surface area contributed by atoms with Gasteiger partial charge in [-0.05, 0) is 20.0 Å². The van der Waals surface area contributed by atoms with Crippen LogP contribution in [0, 0.1) is 0 Å². The van der Waals surface area contributed by atoms with E-state index in [9.17, 15) is 4.57 Å². The van der Waals surface area contributed by atoms with Crippen LogP contribution in [-0.2, 0) is 8.99 Å². The van der Waals surface area contributed by atoms with E-state index in [4.69, 9.17) is 14.2 Å². The van der Waals surface area contributed by atoms with E-state index in [1.165, 1.54) is 6.92 Å². The molecule has 4 nitrogen and oxygen atoms in total. The molecule has 0 saturated carbocycles. The van der Waals surface area contributed by atoms with Crippen LogP contribution >= 0.6 is 7.60 Å². The summed E-state index contributed by atoms with van der Waals surface area (Å²) in [4.78, 5) is 17.1. The fourth-order valence-corrected chi connectivity index (χ4v) is 2.63. The second kappa shape index (κ2) is 3.64. The first-order valence-electron chi connectivity index (χ1n) is 3.04. The lowest BCUT2D eigenvalue weighted by Gasteiger charge is -2.16. The Morgan fingerprint density at radius 3 is 2.00 bits per heavy atom. The molecule has 1 atom stereocenters. The zero-order valence-corrected chi connectivity index (χ0v) is 8.36. The molecule has 0 fully saturated rings. The Labute approximate surface area is 62.1 Å². The molecule has 0 rings (SSSR count). The summed E-state index contributed by atoms with van der Waals surface area (Å²) in [6, 6.07) is 0. The Morgan fingerprint density at radius 1 is 1.50 bits per heavy atom. The van der Waals surface area contributed by atoms with Gasteiger partial charge in [0, 0.05) is 0 Å². The fraction of sp³-hybridized carbons (Fsp3) is 1.00. The molecule has 0 aromatic rings. The minimum absolute atomic E-state index is 0.931. The predicted molar refractivity (Wildman–Crippen MR) is 41.5 cm³/mol. The first-order valence-corrected chi connectivity index (χ1v) is 7.51. The second-order valence-electron chi connectivity index (χ2n) is 2.37. The first-order chi connectivity index (χ1) is 4.34. The van der Waals surface area contributed by atoms with Gasteiger partial charge in [-0.1, -0.05) is 0 Å². The molecular weight excluding hydrogens is 171 g/mol. The summed E-state index contributed by atoms with van der Waals surface area (Å²) in [5.41, 5.74) is 0. The maximum atomic E-state index is 10.5. The second-order valence-corrected chi connectivity index (χ2v) is 6.65. The summed E-state index contributed by atoms with van der Waals surface area (Å²) >= 11 is 0. The van der Waals surface area contributed by atoms with Crippen LogP contribution in [0.1, 0.15) is 6.92 Å². The smallest absolute Gasteiger partial charge is 0.352 e. The lowest BCUT2D eigenvalue weighted by Crippen LogP contribution is -2.17. The molecule has 6 heteroatoms. The van der Waals surface area contributed by atoms with Crippen molar-refractivity contribution >= 4 is 16.6 Å². The van der Waals surface area contributed by atoms with Crippen LogP contribution in [0.3, 0.4) is 0 Å². The standard InChI is InChI=1S/C4H13O4PSi/c1-4(8-10(2)3)9(5,6)7/h4,10H,1-3H3,(H2,5,6,7).